The molecule has 2 aromatic heterocycles. The fraction of sp³-hybridized carbons (Fsp3) is 0.261. The lowest BCUT2D eigenvalue weighted by atomic mass is 10.2. The van der Waals surface area contributed by atoms with Gasteiger partial charge in [0.1, 0.15) is 11.6 Å². The van der Waals surface area contributed by atoms with Gasteiger partial charge in [0.2, 0.25) is 5.91 Å². The number of oxazole rings is 1. The monoisotopic (exact) mass is 470 g/mol. The number of ether oxygens (including phenoxy) is 1. The molecule has 1 aliphatic heterocycles. The number of nitrogens with zero attached hydrogens (tertiary/aromatic N) is 3. The maximum absolute atomic E-state index is 13.9. The summed E-state index contributed by atoms with van der Waals surface area (Å²) in [6.45, 7) is 3.03. The first-order valence-corrected chi connectivity index (χ1v) is 11.3. The van der Waals surface area contributed by atoms with Gasteiger partial charge in [0.05, 0.1) is 35.2 Å². The summed E-state index contributed by atoms with van der Waals surface area (Å²) in [5, 5.41) is 3.84. The van der Waals surface area contributed by atoms with Gasteiger partial charge in [0.15, 0.2) is 16.8 Å². The molecule has 1 aliphatic rings. The Morgan fingerprint density at radius 2 is 2.00 bits per heavy atom. The van der Waals surface area contributed by atoms with Gasteiger partial charge in [-0.2, -0.15) is 0 Å². The van der Waals surface area contributed by atoms with Gasteiger partial charge in [-0.05, 0) is 30.3 Å². The van der Waals surface area contributed by atoms with E-state index in [0.29, 0.717) is 24.8 Å². The zero-order valence-corrected chi connectivity index (χ0v) is 18.3. The molecular weight excluding hydrogens is 450 g/mol. The molecule has 4 aromatic rings. The fourth-order valence-electron chi connectivity index (χ4n) is 3.56. The first-order chi connectivity index (χ1) is 16.0. The van der Waals surface area contributed by atoms with E-state index in [9.17, 15) is 13.6 Å². The average molecular weight is 471 g/mol. The van der Waals surface area contributed by atoms with Crippen LogP contribution in [0.25, 0.3) is 21.5 Å². The minimum Gasteiger partial charge on any atom is -0.441 e. The topological polar surface area (TPSA) is 80.5 Å². The van der Waals surface area contributed by atoms with Crippen LogP contribution in [0.2, 0.25) is 0 Å². The molecular formula is C23H20F2N4O3S. The molecule has 0 atom stereocenters. The van der Waals surface area contributed by atoms with Crippen LogP contribution in [0.4, 0.5) is 19.6 Å². The predicted molar refractivity (Wildman–Crippen MR) is 121 cm³/mol. The zero-order valence-electron chi connectivity index (χ0n) is 17.5. The number of hydrogen-bond donors (Lipinski definition) is 1. The summed E-state index contributed by atoms with van der Waals surface area (Å²) in [6.07, 6.45) is 1.76. The Kier molecular flexibility index (Phi) is 6.01. The summed E-state index contributed by atoms with van der Waals surface area (Å²) in [4.78, 5) is 23.4. The molecule has 3 heterocycles. The smallest absolute Gasteiger partial charge is 0.224 e. The van der Waals surface area contributed by atoms with Crippen molar-refractivity contribution in [2.24, 2.45) is 0 Å². The van der Waals surface area contributed by atoms with E-state index < -0.39 is 11.6 Å². The second-order valence-corrected chi connectivity index (χ2v) is 8.58. The summed E-state index contributed by atoms with van der Waals surface area (Å²) in [7, 11) is 0. The number of carbonyl (C=O) groups excluding carboxylic acids is 1. The molecule has 5 rings (SSSR count). The Morgan fingerprint density at radius 3 is 2.82 bits per heavy atom. The molecule has 2 aromatic carbocycles. The fourth-order valence-corrected chi connectivity index (χ4v) is 4.62. The standard InChI is InChI=1S/C23H20F2N4O3S/c24-14-1-3-16(17(25)11-14)19-13-26-22(32-19)6-5-21(30)27-15-2-4-18-20(12-15)33-23(28-18)29-7-9-31-10-8-29/h1-4,11-13H,5-10H2,(H,27,30). The molecule has 1 fully saturated rings. The second kappa shape index (κ2) is 9.24. The van der Waals surface area contributed by atoms with E-state index in [0.717, 1.165) is 40.6 Å². The zero-order chi connectivity index (χ0) is 22.8. The lowest BCUT2D eigenvalue weighted by molar-refractivity contribution is -0.116. The maximum Gasteiger partial charge on any atom is 0.224 e. The number of fused-ring (bicyclic) bond motifs is 1. The lowest BCUT2D eigenvalue weighted by Crippen LogP contribution is -2.36. The molecule has 10 heteroatoms. The number of benzene rings is 2. The van der Waals surface area contributed by atoms with Gasteiger partial charge in [-0.3, -0.25) is 4.79 Å². The Hall–Kier alpha value is -3.37. The van der Waals surface area contributed by atoms with Gasteiger partial charge in [-0.25, -0.2) is 18.7 Å². The highest BCUT2D eigenvalue weighted by Gasteiger charge is 2.16. The first kappa shape index (κ1) is 21.5. The minimum atomic E-state index is -0.731. The molecule has 1 saturated heterocycles. The number of nitrogens with one attached hydrogen (secondary N) is 1. The Balaban J connectivity index is 1.20. The third-order valence-corrected chi connectivity index (χ3v) is 6.34. The quantitative estimate of drug-likeness (QED) is 0.442. The Bertz CT molecular complexity index is 1300. The van der Waals surface area contributed by atoms with Crippen molar-refractivity contribution in [1.29, 1.82) is 0 Å². The third kappa shape index (κ3) is 4.86. The highest BCUT2D eigenvalue weighted by molar-refractivity contribution is 7.22. The highest BCUT2D eigenvalue weighted by Crippen LogP contribution is 2.31. The van der Waals surface area contributed by atoms with Crippen LogP contribution in [0.15, 0.2) is 47.0 Å². The second-order valence-electron chi connectivity index (χ2n) is 7.57. The summed E-state index contributed by atoms with van der Waals surface area (Å²) < 4.78 is 38.9. The van der Waals surface area contributed by atoms with Crippen LogP contribution in [-0.2, 0) is 16.0 Å². The number of aryl methyl sites for hydroxylation is 1. The van der Waals surface area contributed by atoms with E-state index in [-0.39, 0.29) is 30.1 Å². The summed E-state index contributed by atoms with van der Waals surface area (Å²) >= 11 is 1.59. The Labute approximate surface area is 192 Å². The van der Waals surface area contributed by atoms with Gasteiger partial charge in [0.25, 0.3) is 0 Å². The van der Waals surface area contributed by atoms with Crippen molar-refractivity contribution in [2.45, 2.75) is 12.8 Å². The molecule has 0 aliphatic carbocycles. The van der Waals surface area contributed by atoms with E-state index in [4.69, 9.17) is 9.15 Å². The van der Waals surface area contributed by atoms with Crippen molar-refractivity contribution in [2.75, 3.05) is 36.5 Å². The predicted octanol–water partition coefficient (Wildman–Crippen LogP) is 4.64. The van der Waals surface area contributed by atoms with Crippen LogP contribution in [-0.4, -0.2) is 42.2 Å². The molecule has 33 heavy (non-hydrogen) atoms. The van der Waals surface area contributed by atoms with Gasteiger partial charge in [-0.15, -0.1) is 0 Å². The minimum absolute atomic E-state index is 0.119. The van der Waals surface area contributed by atoms with Crippen LogP contribution < -0.4 is 10.2 Å². The average Bonchev–Trinajstić information content (AvgIpc) is 3.45. The van der Waals surface area contributed by atoms with Gasteiger partial charge < -0.3 is 19.4 Å². The maximum atomic E-state index is 13.9. The van der Waals surface area contributed by atoms with Crippen LogP contribution in [0.1, 0.15) is 12.3 Å². The molecule has 7 nitrogen and oxygen atoms in total. The van der Waals surface area contributed by atoms with Crippen molar-refractivity contribution >= 4 is 38.3 Å². The molecule has 0 radical (unpaired) electrons. The van der Waals surface area contributed by atoms with E-state index in [1.807, 2.05) is 18.2 Å². The van der Waals surface area contributed by atoms with E-state index >= 15 is 0 Å². The molecule has 0 bridgehead atoms. The summed E-state index contributed by atoms with van der Waals surface area (Å²) in [5.74, 6) is -1.10. The summed E-state index contributed by atoms with van der Waals surface area (Å²) in [6, 6.07) is 8.86. The molecule has 0 saturated carbocycles. The molecule has 0 spiro atoms. The number of halogens is 2. The first-order valence-electron chi connectivity index (χ1n) is 10.5. The molecule has 0 unspecified atom stereocenters. The normalized spacial score (nSPS) is 14.1. The van der Waals surface area contributed by atoms with Crippen LogP contribution in [0.5, 0.6) is 0 Å². The summed E-state index contributed by atoms with van der Waals surface area (Å²) in [5.41, 5.74) is 1.69. The van der Waals surface area contributed by atoms with E-state index in [1.165, 1.54) is 12.3 Å². The number of morpholine rings is 1. The number of rotatable bonds is 6. The number of hydrogen-bond acceptors (Lipinski definition) is 7. The molecule has 1 N–H and O–H groups in total. The number of amides is 1. The third-order valence-electron chi connectivity index (χ3n) is 5.26. The Morgan fingerprint density at radius 1 is 1.15 bits per heavy atom. The van der Waals surface area contributed by atoms with E-state index in [2.05, 4.69) is 20.2 Å². The molecule has 170 valence electrons. The highest BCUT2D eigenvalue weighted by atomic mass is 32.1. The van der Waals surface area contributed by atoms with Crippen LogP contribution in [0.3, 0.4) is 0 Å². The van der Waals surface area contributed by atoms with Gasteiger partial charge in [0, 0.05) is 37.7 Å². The van der Waals surface area contributed by atoms with Gasteiger partial charge >= 0.3 is 0 Å². The van der Waals surface area contributed by atoms with Crippen molar-refractivity contribution in [3.05, 3.63) is 60.1 Å². The van der Waals surface area contributed by atoms with Crippen molar-refractivity contribution in [3.63, 3.8) is 0 Å². The van der Waals surface area contributed by atoms with Crippen molar-refractivity contribution in [3.8, 4) is 11.3 Å². The number of anilines is 2. The SMILES string of the molecule is O=C(CCc1ncc(-c2ccc(F)cc2F)o1)Nc1ccc2nc(N3CCOCC3)sc2c1. The van der Waals surface area contributed by atoms with Crippen molar-refractivity contribution < 1.29 is 22.7 Å². The van der Waals surface area contributed by atoms with Crippen LogP contribution >= 0.6 is 11.3 Å². The largest absolute Gasteiger partial charge is 0.441 e. The number of aromatic nitrogens is 2. The lowest BCUT2D eigenvalue weighted by Gasteiger charge is -2.25. The van der Waals surface area contributed by atoms with E-state index in [1.54, 1.807) is 11.3 Å². The number of thiazole rings is 1. The molecule has 1 amide bonds. The van der Waals surface area contributed by atoms with Crippen LogP contribution in [0, 0.1) is 11.6 Å². The number of carbonyl (C=O) groups is 1. The van der Waals surface area contributed by atoms with Crippen molar-refractivity contribution in [1.82, 2.24) is 9.97 Å². The van der Waals surface area contributed by atoms with Gasteiger partial charge in [-0.1, -0.05) is 11.3 Å².